The molecule has 0 aliphatic carbocycles. The van der Waals surface area contributed by atoms with E-state index in [4.69, 9.17) is 0 Å². The number of hydrogen-bond acceptors (Lipinski definition) is 3. The van der Waals surface area contributed by atoms with Crippen LogP contribution in [-0.4, -0.2) is 23.7 Å². The Bertz CT molecular complexity index is 407. The molecule has 0 radical (unpaired) electrons. The van der Waals surface area contributed by atoms with Crippen molar-refractivity contribution < 1.29 is 4.79 Å². The van der Waals surface area contributed by atoms with Crippen molar-refractivity contribution in [2.24, 2.45) is 0 Å². The summed E-state index contributed by atoms with van der Waals surface area (Å²) in [6.45, 7) is 9.83. The SMILES string of the molecule is CCNCc1cccc(SC(C)C(=O)NC(C)C)c1. The summed E-state index contributed by atoms with van der Waals surface area (Å²) in [5, 5.41) is 6.17. The van der Waals surface area contributed by atoms with Gasteiger partial charge in [0.05, 0.1) is 5.25 Å². The van der Waals surface area contributed by atoms with Crippen molar-refractivity contribution in [2.45, 2.75) is 50.4 Å². The number of thioether (sulfide) groups is 1. The molecule has 0 spiro atoms. The van der Waals surface area contributed by atoms with Crippen LogP contribution < -0.4 is 10.6 Å². The number of nitrogens with one attached hydrogen (secondary N) is 2. The minimum Gasteiger partial charge on any atom is -0.353 e. The molecule has 106 valence electrons. The Kier molecular flexibility index (Phi) is 6.95. The third kappa shape index (κ3) is 6.12. The van der Waals surface area contributed by atoms with E-state index in [9.17, 15) is 4.79 Å². The average molecular weight is 280 g/mol. The first-order chi connectivity index (χ1) is 9.02. The van der Waals surface area contributed by atoms with Gasteiger partial charge in [0.1, 0.15) is 0 Å². The van der Waals surface area contributed by atoms with Crippen molar-refractivity contribution in [1.82, 2.24) is 10.6 Å². The zero-order valence-corrected chi connectivity index (χ0v) is 13.0. The van der Waals surface area contributed by atoms with Crippen LogP contribution in [0.15, 0.2) is 29.2 Å². The Morgan fingerprint density at radius 3 is 2.68 bits per heavy atom. The van der Waals surface area contributed by atoms with E-state index >= 15 is 0 Å². The van der Waals surface area contributed by atoms with Gasteiger partial charge in [-0.05, 0) is 45.0 Å². The monoisotopic (exact) mass is 280 g/mol. The van der Waals surface area contributed by atoms with Gasteiger partial charge in [-0.15, -0.1) is 11.8 Å². The number of benzene rings is 1. The molecule has 4 heteroatoms. The highest BCUT2D eigenvalue weighted by molar-refractivity contribution is 8.00. The maximum atomic E-state index is 11.9. The molecule has 1 aromatic rings. The predicted octanol–water partition coefficient (Wildman–Crippen LogP) is 2.80. The largest absolute Gasteiger partial charge is 0.353 e. The second kappa shape index (κ2) is 8.23. The van der Waals surface area contributed by atoms with E-state index in [1.54, 1.807) is 11.8 Å². The highest BCUT2D eigenvalue weighted by Gasteiger charge is 2.14. The van der Waals surface area contributed by atoms with Gasteiger partial charge in [-0.2, -0.15) is 0 Å². The topological polar surface area (TPSA) is 41.1 Å². The molecule has 19 heavy (non-hydrogen) atoms. The summed E-state index contributed by atoms with van der Waals surface area (Å²) in [5.74, 6) is 0.0945. The summed E-state index contributed by atoms with van der Waals surface area (Å²) in [6.07, 6.45) is 0. The Balaban J connectivity index is 2.58. The second-order valence-electron chi connectivity index (χ2n) is 4.85. The molecule has 0 bridgehead atoms. The molecule has 1 atom stereocenters. The van der Waals surface area contributed by atoms with Crippen LogP contribution in [-0.2, 0) is 11.3 Å². The summed E-state index contributed by atoms with van der Waals surface area (Å²) in [6, 6.07) is 8.54. The highest BCUT2D eigenvalue weighted by Crippen LogP contribution is 2.24. The van der Waals surface area contributed by atoms with Gasteiger partial charge in [0.25, 0.3) is 0 Å². The van der Waals surface area contributed by atoms with E-state index in [0.29, 0.717) is 0 Å². The fraction of sp³-hybridized carbons (Fsp3) is 0.533. The molecule has 2 N–H and O–H groups in total. The molecule has 1 rings (SSSR count). The lowest BCUT2D eigenvalue weighted by molar-refractivity contribution is -0.120. The number of amides is 1. The van der Waals surface area contributed by atoms with E-state index in [0.717, 1.165) is 18.0 Å². The van der Waals surface area contributed by atoms with E-state index in [1.807, 2.05) is 26.8 Å². The summed E-state index contributed by atoms with van der Waals surface area (Å²) < 4.78 is 0. The minimum absolute atomic E-state index is 0.0724. The molecule has 0 aliphatic heterocycles. The molecule has 3 nitrogen and oxygen atoms in total. The van der Waals surface area contributed by atoms with E-state index in [2.05, 4.69) is 35.8 Å². The maximum Gasteiger partial charge on any atom is 0.233 e. The van der Waals surface area contributed by atoms with Gasteiger partial charge < -0.3 is 10.6 Å². The van der Waals surface area contributed by atoms with Crippen molar-refractivity contribution in [3.05, 3.63) is 29.8 Å². The van der Waals surface area contributed by atoms with Crippen LogP contribution in [0.4, 0.5) is 0 Å². The van der Waals surface area contributed by atoms with E-state index < -0.39 is 0 Å². The number of carbonyl (C=O) groups is 1. The predicted molar refractivity (Wildman–Crippen MR) is 82.4 cm³/mol. The molecule has 0 saturated carbocycles. The molecule has 0 aliphatic rings. The molecule has 1 aromatic carbocycles. The Hall–Kier alpha value is -1.00. The van der Waals surface area contributed by atoms with Crippen molar-refractivity contribution in [2.75, 3.05) is 6.54 Å². The normalized spacial score (nSPS) is 12.5. The van der Waals surface area contributed by atoms with Gasteiger partial charge in [0.2, 0.25) is 5.91 Å². The van der Waals surface area contributed by atoms with Crippen LogP contribution in [0, 0.1) is 0 Å². The van der Waals surface area contributed by atoms with E-state index in [-0.39, 0.29) is 17.2 Å². The molecule has 1 amide bonds. The van der Waals surface area contributed by atoms with Crippen molar-refractivity contribution >= 4 is 17.7 Å². The van der Waals surface area contributed by atoms with Gasteiger partial charge in [0.15, 0.2) is 0 Å². The van der Waals surface area contributed by atoms with Gasteiger partial charge in [-0.1, -0.05) is 19.1 Å². The lowest BCUT2D eigenvalue weighted by atomic mass is 10.2. The summed E-state index contributed by atoms with van der Waals surface area (Å²) >= 11 is 1.60. The molecular weight excluding hydrogens is 256 g/mol. The Labute approximate surface area is 120 Å². The molecule has 0 heterocycles. The highest BCUT2D eigenvalue weighted by atomic mass is 32.2. The van der Waals surface area contributed by atoms with Crippen LogP contribution in [0.1, 0.15) is 33.3 Å². The maximum absolute atomic E-state index is 11.9. The average Bonchev–Trinajstić information content (AvgIpc) is 2.36. The van der Waals surface area contributed by atoms with Crippen LogP contribution in [0.5, 0.6) is 0 Å². The fourth-order valence-electron chi connectivity index (χ4n) is 1.66. The molecular formula is C15H24N2OS. The smallest absolute Gasteiger partial charge is 0.233 e. The van der Waals surface area contributed by atoms with Gasteiger partial charge >= 0.3 is 0 Å². The lowest BCUT2D eigenvalue weighted by Crippen LogP contribution is -2.35. The van der Waals surface area contributed by atoms with Crippen LogP contribution >= 0.6 is 11.8 Å². The summed E-state index contributed by atoms with van der Waals surface area (Å²) in [7, 11) is 0. The van der Waals surface area contributed by atoms with Crippen molar-refractivity contribution in [1.29, 1.82) is 0 Å². The van der Waals surface area contributed by atoms with Crippen LogP contribution in [0.25, 0.3) is 0 Å². The number of rotatable bonds is 7. The standard InChI is InChI=1S/C15H24N2OS/c1-5-16-10-13-7-6-8-14(9-13)19-12(4)15(18)17-11(2)3/h6-9,11-12,16H,5,10H2,1-4H3,(H,17,18). The fourth-order valence-corrected chi connectivity index (χ4v) is 2.62. The van der Waals surface area contributed by atoms with Crippen molar-refractivity contribution in [3.8, 4) is 0 Å². The Morgan fingerprint density at radius 2 is 2.05 bits per heavy atom. The zero-order chi connectivity index (χ0) is 14.3. The minimum atomic E-state index is -0.0724. The molecule has 0 saturated heterocycles. The number of carbonyl (C=O) groups excluding carboxylic acids is 1. The summed E-state index contributed by atoms with van der Waals surface area (Å²) in [5.41, 5.74) is 1.25. The third-order valence-corrected chi connectivity index (χ3v) is 3.68. The first-order valence-electron chi connectivity index (χ1n) is 6.79. The van der Waals surface area contributed by atoms with Gasteiger partial charge in [-0.3, -0.25) is 4.79 Å². The third-order valence-electron chi connectivity index (χ3n) is 2.59. The van der Waals surface area contributed by atoms with Gasteiger partial charge in [-0.25, -0.2) is 0 Å². The summed E-state index contributed by atoms with van der Waals surface area (Å²) in [4.78, 5) is 13.0. The first kappa shape index (κ1) is 16.1. The molecule has 0 aromatic heterocycles. The first-order valence-corrected chi connectivity index (χ1v) is 7.67. The van der Waals surface area contributed by atoms with Gasteiger partial charge in [0, 0.05) is 17.5 Å². The lowest BCUT2D eigenvalue weighted by Gasteiger charge is -2.14. The van der Waals surface area contributed by atoms with Crippen LogP contribution in [0.3, 0.4) is 0 Å². The van der Waals surface area contributed by atoms with Crippen LogP contribution in [0.2, 0.25) is 0 Å². The second-order valence-corrected chi connectivity index (χ2v) is 6.27. The molecule has 1 unspecified atom stereocenters. The van der Waals surface area contributed by atoms with E-state index in [1.165, 1.54) is 5.56 Å². The quantitative estimate of drug-likeness (QED) is 0.755. The Morgan fingerprint density at radius 1 is 1.32 bits per heavy atom. The molecule has 0 fully saturated rings. The van der Waals surface area contributed by atoms with Crippen molar-refractivity contribution in [3.63, 3.8) is 0 Å². The zero-order valence-electron chi connectivity index (χ0n) is 12.2. The number of hydrogen-bond donors (Lipinski definition) is 2.